The molecule has 8 heteroatoms. The molecule has 0 bridgehead atoms. The van der Waals surface area contributed by atoms with Gasteiger partial charge in [-0.25, -0.2) is 9.80 Å². The van der Waals surface area contributed by atoms with Gasteiger partial charge in [-0.2, -0.15) is 0 Å². The Morgan fingerprint density at radius 1 is 1.19 bits per heavy atom. The quantitative estimate of drug-likeness (QED) is 0.658. The molecule has 1 unspecified atom stereocenters. The molecule has 2 amide bonds. The third-order valence-electron chi connectivity index (χ3n) is 3.78. The maximum Gasteiger partial charge on any atom is 0.429 e. The Morgan fingerprint density at radius 3 is 2.54 bits per heavy atom. The third-order valence-corrected chi connectivity index (χ3v) is 3.78. The van der Waals surface area contributed by atoms with E-state index in [0.717, 1.165) is 10.6 Å². The average molecular weight is 353 g/mol. The Balaban J connectivity index is 1.69. The van der Waals surface area contributed by atoms with Crippen molar-refractivity contribution in [3.05, 3.63) is 81.9 Å². The first-order valence-electron chi connectivity index (χ1n) is 7.79. The van der Waals surface area contributed by atoms with Gasteiger partial charge < -0.3 is 4.74 Å². The highest BCUT2D eigenvalue weighted by Crippen LogP contribution is 2.15. The van der Waals surface area contributed by atoms with Gasteiger partial charge in [0.25, 0.3) is 11.6 Å². The summed E-state index contributed by atoms with van der Waals surface area (Å²) in [5, 5.41) is 11.8. The number of cyclic esters (lactones) is 1. The van der Waals surface area contributed by atoms with Crippen molar-refractivity contribution in [2.75, 3.05) is 6.61 Å². The number of hydrogen-bond donors (Lipinski definition) is 1. The second kappa shape index (κ2) is 7.47. The molecule has 0 spiro atoms. The zero-order valence-corrected chi connectivity index (χ0v) is 13.6. The fourth-order valence-electron chi connectivity index (χ4n) is 2.40. The Bertz CT molecular complexity index is 849. The molecule has 0 saturated carbocycles. The molecule has 1 fully saturated rings. The summed E-state index contributed by atoms with van der Waals surface area (Å²) in [7, 11) is 0. The maximum atomic E-state index is 12.3. The minimum atomic E-state index is -0.664. The Labute approximate surface area is 148 Å². The topological polar surface area (TPSA) is 102 Å². The average Bonchev–Trinajstić information content (AvgIpc) is 3.00. The number of rotatable bonds is 5. The normalized spacial score (nSPS) is 16.5. The van der Waals surface area contributed by atoms with Crippen LogP contribution < -0.4 is 5.43 Å². The summed E-state index contributed by atoms with van der Waals surface area (Å²) < 4.78 is 4.99. The van der Waals surface area contributed by atoms with Gasteiger partial charge in [-0.15, -0.1) is 0 Å². The Hall–Kier alpha value is -3.68. The summed E-state index contributed by atoms with van der Waals surface area (Å²) in [6, 6.07) is 14.2. The number of non-ortho nitro benzene ring substituents is 1. The van der Waals surface area contributed by atoms with Crippen molar-refractivity contribution < 1.29 is 19.2 Å². The van der Waals surface area contributed by atoms with Crippen molar-refractivity contribution in [2.24, 2.45) is 0 Å². The van der Waals surface area contributed by atoms with E-state index in [9.17, 15) is 19.7 Å². The predicted octanol–water partition coefficient (Wildman–Crippen LogP) is 2.77. The number of ether oxygens (including phenoxy) is 1. The molecule has 2 aromatic carbocycles. The monoisotopic (exact) mass is 353 g/mol. The van der Waals surface area contributed by atoms with E-state index >= 15 is 0 Å². The summed E-state index contributed by atoms with van der Waals surface area (Å²) >= 11 is 0. The summed E-state index contributed by atoms with van der Waals surface area (Å²) in [4.78, 5) is 34.3. The van der Waals surface area contributed by atoms with Crippen LogP contribution in [0, 0.1) is 10.1 Å². The first-order chi connectivity index (χ1) is 12.5. The first kappa shape index (κ1) is 17.2. The number of nitro benzene ring substituents is 1. The minimum absolute atomic E-state index is 0.114. The smallest absolute Gasteiger partial charge is 0.429 e. The van der Waals surface area contributed by atoms with Crippen LogP contribution in [0.1, 0.15) is 15.9 Å². The molecule has 1 saturated heterocycles. The molecule has 0 radical (unpaired) electrons. The van der Waals surface area contributed by atoms with Gasteiger partial charge in [-0.1, -0.05) is 42.5 Å². The predicted molar refractivity (Wildman–Crippen MR) is 93.0 cm³/mol. The maximum absolute atomic E-state index is 12.3. The van der Waals surface area contributed by atoms with E-state index in [4.69, 9.17) is 4.74 Å². The van der Waals surface area contributed by atoms with Crippen LogP contribution in [-0.2, 0) is 4.74 Å². The lowest BCUT2D eigenvalue weighted by Crippen LogP contribution is -2.47. The highest BCUT2D eigenvalue weighted by Gasteiger charge is 2.33. The molecule has 3 rings (SSSR count). The number of carbonyl (C=O) groups excluding carboxylic acids is 2. The van der Waals surface area contributed by atoms with Crippen LogP contribution in [0.2, 0.25) is 0 Å². The van der Waals surface area contributed by atoms with Gasteiger partial charge in [0.05, 0.1) is 4.92 Å². The largest absolute Gasteiger partial charge is 0.446 e. The molecular formula is C18H15N3O5. The highest BCUT2D eigenvalue weighted by molar-refractivity contribution is 5.95. The van der Waals surface area contributed by atoms with E-state index in [2.05, 4.69) is 5.43 Å². The van der Waals surface area contributed by atoms with Crippen LogP contribution in [0.3, 0.4) is 0 Å². The number of nitrogens with zero attached hydrogens (tertiary/aromatic N) is 2. The van der Waals surface area contributed by atoms with E-state index in [1.165, 1.54) is 24.3 Å². The lowest BCUT2D eigenvalue weighted by molar-refractivity contribution is -0.384. The van der Waals surface area contributed by atoms with Crippen molar-refractivity contribution in [3.8, 4) is 0 Å². The van der Waals surface area contributed by atoms with Crippen LogP contribution >= 0.6 is 0 Å². The van der Waals surface area contributed by atoms with Gasteiger partial charge in [-0.3, -0.25) is 20.3 Å². The van der Waals surface area contributed by atoms with Crippen molar-refractivity contribution in [3.63, 3.8) is 0 Å². The molecule has 0 aliphatic carbocycles. The molecular weight excluding hydrogens is 338 g/mol. The molecule has 1 heterocycles. The summed E-state index contributed by atoms with van der Waals surface area (Å²) in [5.41, 5.74) is 3.51. The zero-order valence-electron chi connectivity index (χ0n) is 13.6. The Morgan fingerprint density at radius 2 is 1.88 bits per heavy atom. The Kier molecular flexibility index (Phi) is 4.93. The van der Waals surface area contributed by atoms with Crippen molar-refractivity contribution >= 4 is 23.8 Å². The molecule has 2 aromatic rings. The third kappa shape index (κ3) is 3.86. The van der Waals surface area contributed by atoms with Crippen molar-refractivity contribution in [2.45, 2.75) is 6.04 Å². The second-order valence-electron chi connectivity index (χ2n) is 5.53. The fourth-order valence-corrected chi connectivity index (χ4v) is 2.40. The number of hydrazine groups is 1. The molecule has 1 aliphatic rings. The second-order valence-corrected chi connectivity index (χ2v) is 5.53. The van der Waals surface area contributed by atoms with Crippen LogP contribution in [-0.4, -0.2) is 34.6 Å². The number of carbonyl (C=O) groups is 2. The van der Waals surface area contributed by atoms with E-state index in [1.54, 1.807) is 6.08 Å². The molecule has 1 N–H and O–H groups in total. The van der Waals surface area contributed by atoms with Gasteiger partial charge in [0, 0.05) is 17.7 Å². The van der Waals surface area contributed by atoms with Gasteiger partial charge >= 0.3 is 6.09 Å². The number of nitrogens with one attached hydrogen (secondary N) is 1. The first-order valence-corrected chi connectivity index (χ1v) is 7.79. The van der Waals surface area contributed by atoms with Gasteiger partial charge in [0.15, 0.2) is 0 Å². The molecule has 1 atom stereocenters. The lowest BCUT2D eigenvalue weighted by atomic mass is 10.2. The number of nitro groups is 1. The van der Waals surface area contributed by atoms with Gasteiger partial charge in [-0.05, 0) is 17.7 Å². The van der Waals surface area contributed by atoms with E-state index in [-0.39, 0.29) is 17.9 Å². The highest BCUT2D eigenvalue weighted by atomic mass is 16.6. The minimum Gasteiger partial charge on any atom is -0.446 e. The molecule has 0 aromatic heterocycles. The molecule has 132 valence electrons. The van der Waals surface area contributed by atoms with Crippen LogP contribution in [0.25, 0.3) is 6.08 Å². The zero-order chi connectivity index (χ0) is 18.5. The lowest BCUT2D eigenvalue weighted by Gasteiger charge is -2.19. The molecule has 1 aliphatic heterocycles. The number of amides is 2. The van der Waals surface area contributed by atoms with Crippen LogP contribution in [0.15, 0.2) is 60.7 Å². The van der Waals surface area contributed by atoms with Crippen molar-refractivity contribution in [1.82, 2.24) is 10.4 Å². The van der Waals surface area contributed by atoms with Crippen molar-refractivity contribution in [1.29, 1.82) is 0 Å². The van der Waals surface area contributed by atoms with E-state index < -0.39 is 23.0 Å². The number of benzene rings is 2. The summed E-state index contributed by atoms with van der Waals surface area (Å²) in [6.07, 6.45) is 2.93. The fraction of sp³-hybridized carbons (Fsp3) is 0.111. The van der Waals surface area contributed by atoms with Gasteiger partial charge in [0.2, 0.25) is 0 Å². The van der Waals surface area contributed by atoms with Gasteiger partial charge in [0.1, 0.15) is 12.6 Å². The van der Waals surface area contributed by atoms with Crippen LogP contribution in [0.4, 0.5) is 10.5 Å². The summed E-state index contributed by atoms with van der Waals surface area (Å²) in [6.45, 7) is 0.114. The number of hydrogen-bond acceptors (Lipinski definition) is 5. The summed E-state index contributed by atoms with van der Waals surface area (Å²) in [5.74, 6) is -0.558. The molecule has 26 heavy (non-hydrogen) atoms. The molecule has 8 nitrogen and oxygen atoms in total. The van der Waals surface area contributed by atoms with Crippen LogP contribution in [0.5, 0.6) is 0 Å². The standard InChI is InChI=1S/C18H15N3O5/c22-17(14-7-10-15(11-8-14)21(24)25)19-20-16(12-26-18(20)23)9-6-13-4-2-1-3-5-13/h1-11,16H,12H2,(H,19,22)/b9-6+. The SMILES string of the molecule is O=C(NN1C(=O)OCC1/C=C/c1ccccc1)c1ccc([N+](=O)[O-])cc1. The van der Waals surface area contributed by atoms with E-state index in [1.807, 2.05) is 36.4 Å². The van der Waals surface area contributed by atoms with E-state index in [0.29, 0.717) is 0 Å².